The number of carbonyl (C=O) groups excluding carboxylic acids is 2. The van der Waals surface area contributed by atoms with Crippen LogP contribution in [0, 0.1) is 19.8 Å². The lowest BCUT2D eigenvalue weighted by Crippen LogP contribution is -2.31. The second kappa shape index (κ2) is 15.7. The van der Waals surface area contributed by atoms with Crippen LogP contribution in [0.4, 0.5) is 5.82 Å². The number of ketones is 1. The normalized spacial score (nSPS) is 16.4. The van der Waals surface area contributed by atoms with Crippen LogP contribution in [0.1, 0.15) is 62.2 Å². The van der Waals surface area contributed by atoms with Gasteiger partial charge in [0.05, 0.1) is 11.3 Å². The summed E-state index contributed by atoms with van der Waals surface area (Å²) >= 11 is 1.44. The summed E-state index contributed by atoms with van der Waals surface area (Å²) in [5.41, 5.74) is 3.20. The summed E-state index contributed by atoms with van der Waals surface area (Å²) in [6, 6.07) is 11.7. The number of hydrogen-bond donors (Lipinski definition) is 1. The van der Waals surface area contributed by atoms with Crippen molar-refractivity contribution >= 4 is 35.5 Å². The molecular formula is C33H45N5O2S. The zero-order valence-corrected chi connectivity index (χ0v) is 26.5. The number of allylic oxidation sites excluding steroid dienone is 1. The molecule has 1 aromatic heterocycles. The van der Waals surface area contributed by atoms with Crippen molar-refractivity contribution < 1.29 is 9.59 Å². The summed E-state index contributed by atoms with van der Waals surface area (Å²) < 4.78 is 0. The number of likely N-dealkylation sites (N-methyl/N-ethyl adjacent to an activating group) is 1. The number of aliphatic imine (C=N–C) groups is 1. The van der Waals surface area contributed by atoms with E-state index in [-0.39, 0.29) is 11.4 Å². The molecule has 0 spiro atoms. The highest BCUT2D eigenvalue weighted by molar-refractivity contribution is 8.03. The summed E-state index contributed by atoms with van der Waals surface area (Å²) in [5, 5.41) is 2.95. The van der Waals surface area contributed by atoms with Crippen molar-refractivity contribution in [1.29, 1.82) is 0 Å². The highest BCUT2D eigenvalue weighted by Gasteiger charge is 2.26. The molecule has 8 heteroatoms. The third-order valence-electron chi connectivity index (χ3n) is 7.33. The lowest BCUT2D eigenvalue weighted by Gasteiger charge is -2.22. The molecule has 0 aliphatic carbocycles. The van der Waals surface area contributed by atoms with Gasteiger partial charge in [-0.2, -0.15) is 0 Å². The second-order valence-electron chi connectivity index (χ2n) is 10.9. The van der Waals surface area contributed by atoms with E-state index in [4.69, 9.17) is 4.98 Å². The van der Waals surface area contributed by atoms with Crippen molar-refractivity contribution in [3.63, 3.8) is 0 Å². The highest BCUT2D eigenvalue weighted by Crippen LogP contribution is 2.32. The molecule has 2 heterocycles. The van der Waals surface area contributed by atoms with E-state index in [2.05, 4.69) is 41.0 Å². The second-order valence-corrected chi connectivity index (χ2v) is 12.2. The number of anilines is 1. The number of benzene rings is 1. The number of carbonyl (C=O) groups is 2. The largest absolute Gasteiger partial charge is 0.355 e. The van der Waals surface area contributed by atoms with Crippen LogP contribution in [0.3, 0.4) is 0 Å². The fraction of sp³-hybridized carbons (Fsp3) is 0.455. The molecular weight excluding hydrogens is 530 g/mol. The van der Waals surface area contributed by atoms with E-state index in [1.807, 2.05) is 70.3 Å². The van der Waals surface area contributed by atoms with Crippen LogP contribution in [0.15, 0.2) is 68.5 Å². The zero-order valence-electron chi connectivity index (χ0n) is 25.7. The molecule has 0 bridgehead atoms. The lowest BCUT2D eigenvalue weighted by molar-refractivity contribution is -0.117. The summed E-state index contributed by atoms with van der Waals surface area (Å²) in [6.07, 6.45) is 5.76. The molecule has 0 saturated carbocycles. The minimum Gasteiger partial charge on any atom is -0.355 e. The number of pyridine rings is 1. The van der Waals surface area contributed by atoms with Crippen LogP contribution in [-0.4, -0.2) is 67.6 Å². The van der Waals surface area contributed by atoms with E-state index >= 15 is 0 Å². The first-order valence-corrected chi connectivity index (χ1v) is 15.3. The summed E-state index contributed by atoms with van der Waals surface area (Å²) in [6.45, 7) is 16.0. The number of aryl methyl sites for hydroxylation is 2. The van der Waals surface area contributed by atoms with Gasteiger partial charge in [0.2, 0.25) is 5.78 Å². The molecule has 1 atom stereocenters. The van der Waals surface area contributed by atoms with Crippen LogP contribution in [0.25, 0.3) is 0 Å². The first-order valence-electron chi connectivity index (χ1n) is 14.5. The van der Waals surface area contributed by atoms with Gasteiger partial charge in [0, 0.05) is 54.0 Å². The number of rotatable bonds is 11. The topological polar surface area (TPSA) is 77.9 Å². The average Bonchev–Trinajstić information content (AvgIpc) is 3.17. The number of Topliss-reactive ketones (excluding diaryl/α,β-unsaturated/α-hetero) is 1. The van der Waals surface area contributed by atoms with Gasteiger partial charge in [0.15, 0.2) is 0 Å². The van der Waals surface area contributed by atoms with Crippen LogP contribution in [-0.2, 0) is 4.79 Å². The lowest BCUT2D eigenvalue weighted by atomic mass is 10.0. The van der Waals surface area contributed by atoms with Gasteiger partial charge in [-0.05, 0) is 89.4 Å². The molecule has 1 fully saturated rings. The summed E-state index contributed by atoms with van der Waals surface area (Å²) in [4.78, 5) is 43.1. The van der Waals surface area contributed by atoms with Gasteiger partial charge in [-0.1, -0.05) is 43.8 Å². The van der Waals surface area contributed by atoms with Crippen molar-refractivity contribution in [2.75, 3.05) is 44.7 Å². The minimum absolute atomic E-state index is 0.142. The molecule has 1 aromatic carbocycles. The monoisotopic (exact) mass is 575 g/mol. The molecule has 3 rings (SSSR count). The molecule has 1 amide bonds. The molecule has 41 heavy (non-hydrogen) atoms. The SMILES string of the molecule is CCC(C)C=N/C=C(\C)CNC(=O)/C(C(=O)c1ccc(N2CCCN(C)CC2)nc1C)=C(/C)Sc1ccccc1C. The fourth-order valence-electron chi connectivity index (χ4n) is 4.46. The van der Waals surface area contributed by atoms with Crippen LogP contribution < -0.4 is 10.2 Å². The molecule has 1 unspecified atom stereocenters. The van der Waals surface area contributed by atoms with Gasteiger partial charge in [-0.3, -0.25) is 14.6 Å². The molecule has 220 valence electrons. The highest BCUT2D eigenvalue weighted by atomic mass is 32.2. The van der Waals surface area contributed by atoms with Crippen LogP contribution in [0.5, 0.6) is 0 Å². The molecule has 7 nitrogen and oxygen atoms in total. The minimum atomic E-state index is -0.397. The predicted octanol–water partition coefficient (Wildman–Crippen LogP) is 6.23. The van der Waals surface area contributed by atoms with E-state index in [0.29, 0.717) is 28.6 Å². The first kappa shape index (κ1) is 32.3. The molecule has 1 N–H and O–H groups in total. The smallest absolute Gasteiger partial charge is 0.256 e. The Morgan fingerprint density at radius 1 is 1.10 bits per heavy atom. The van der Waals surface area contributed by atoms with E-state index in [1.54, 1.807) is 6.20 Å². The number of thioether (sulfide) groups is 1. The summed E-state index contributed by atoms with van der Waals surface area (Å²) in [7, 11) is 2.14. The Morgan fingerprint density at radius 3 is 2.56 bits per heavy atom. The number of hydrogen-bond acceptors (Lipinski definition) is 7. The van der Waals surface area contributed by atoms with E-state index in [9.17, 15) is 9.59 Å². The van der Waals surface area contributed by atoms with Gasteiger partial charge in [-0.25, -0.2) is 4.98 Å². The Balaban J connectivity index is 1.89. The van der Waals surface area contributed by atoms with Gasteiger partial charge >= 0.3 is 0 Å². The Bertz CT molecular complexity index is 1320. The molecule has 1 aliphatic rings. The van der Waals surface area contributed by atoms with E-state index in [0.717, 1.165) is 60.9 Å². The van der Waals surface area contributed by atoms with Crippen molar-refractivity contribution in [2.24, 2.45) is 10.9 Å². The Labute approximate surface area is 250 Å². The van der Waals surface area contributed by atoms with Gasteiger partial charge in [0.1, 0.15) is 5.82 Å². The van der Waals surface area contributed by atoms with Crippen molar-refractivity contribution in [1.82, 2.24) is 15.2 Å². The zero-order chi connectivity index (χ0) is 29.9. The Hall–Kier alpha value is -3.23. The number of nitrogens with zero attached hydrogens (tertiary/aromatic N) is 4. The predicted molar refractivity (Wildman–Crippen MR) is 172 cm³/mol. The third kappa shape index (κ3) is 9.40. The maximum absolute atomic E-state index is 14.0. The summed E-state index contributed by atoms with van der Waals surface area (Å²) in [5.74, 6) is 0.552. The Kier molecular flexibility index (Phi) is 12.4. The van der Waals surface area contributed by atoms with E-state index in [1.165, 1.54) is 11.8 Å². The van der Waals surface area contributed by atoms with Crippen LogP contribution in [0.2, 0.25) is 0 Å². The standard InChI is InChI=1S/C33H45N5O2S/c1-8-23(2)20-34-21-24(3)22-35-33(40)31(27(6)41-29-13-10-9-12-25(29)4)32(39)28-14-15-30(36-26(28)5)38-17-11-16-37(7)18-19-38/h9-10,12-15,20-21,23H,8,11,16-19,22H2,1-7H3,(H,35,40)/b24-21+,31-27-,34-20?. The molecule has 0 radical (unpaired) electrons. The average molecular weight is 576 g/mol. The van der Waals surface area contributed by atoms with Gasteiger partial charge < -0.3 is 15.1 Å². The number of nitrogens with one attached hydrogen (secondary N) is 1. The van der Waals surface area contributed by atoms with Gasteiger partial charge in [0.25, 0.3) is 5.91 Å². The Morgan fingerprint density at radius 2 is 1.85 bits per heavy atom. The fourth-order valence-corrected chi connectivity index (χ4v) is 5.45. The maximum atomic E-state index is 14.0. The van der Waals surface area contributed by atoms with Crippen molar-refractivity contribution in [3.8, 4) is 0 Å². The van der Waals surface area contributed by atoms with Crippen molar-refractivity contribution in [2.45, 2.75) is 59.3 Å². The van der Waals surface area contributed by atoms with Crippen molar-refractivity contribution in [3.05, 3.63) is 75.5 Å². The number of amides is 1. The maximum Gasteiger partial charge on any atom is 0.256 e. The van der Waals surface area contributed by atoms with Gasteiger partial charge in [-0.15, -0.1) is 0 Å². The molecule has 2 aromatic rings. The first-order chi connectivity index (χ1) is 19.6. The number of aromatic nitrogens is 1. The van der Waals surface area contributed by atoms with E-state index < -0.39 is 5.91 Å². The molecule has 1 saturated heterocycles. The quantitative estimate of drug-likeness (QED) is 0.0855. The molecule has 1 aliphatic heterocycles. The third-order valence-corrected chi connectivity index (χ3v) is 8.52. The van der Waals surface area contributed by atoms with Crippen LogP contribution >= 0.6 is 11.8 Å².